The van der Waals surface area contributed by atoms with Gasteiger partial charge in [0.15, 0.2) is 0 Å². The number of hydrogen-bond donors (Lipinski definition) is 4. The molecule has 0 aliphatic heterocycles. The Hall–Kier alpha value is -2.91. The Balaban J connectivity index is 4.85. The topological polar surface area (TPSA) is 143 Å². The number of unbranched alkanes of at least 4 members (excludes halogenated alkanes) is 1. The lowest BCUT2D eigenvalue weighted by molar-refractivity contribution is -0.144. The highest BCUT2D eigenvalue weighted by Crippen LogP contribution is 2.03. The van der Waals surface area contributed by atoms with E-state index < -0.39 is 35.9 Å². The number of rotatable bonds is 12. The van der Waals surface area contributed by atoms with Crippen LogP contribution >= 0.6 is 0 Å². The molecule has 0 saturated heterocycles. The molecule has 0 heterocycles. The van der Waals surface area contributed by atoms with Gasteiger partial charge in [-0.15, -0.1) is 0 Å². The summed E-state index contributed by atoms with van der Waals surface area (Å²) in [5.74, 6) is -2.22. The summed E-state index contributed by atoms with van der Waals surface area (Å²) in [4.78, 5) is 59.1. The summed E-state index contributed by atoms with van der Waals surface area (Å²) < 4.78 is 4.59. The molecular formula is C20H34N4O6. The van der Waals surface area contributed by atoms with Gasteiger partial charge < -0.3 is 26.0 Å². The number of carbonyl (C=O) groups excluding carboxylic acids is 5. The number of allylic oxidation sites excluding steroid dienone is 1. The molecule has 0 saturated carbocycles. The van der Waals surface area contributed by atoms with Crippen molar-refractivity contribution >= 4 is 29.6 Å². The molecular weight excluding hydrogens is 392 g/mol. The summed E-state index contributed by atoms with van der Waals surface area (Å²) in [6, 6.07) is -2.61. The standard InChI is InChI=1S/C20H34N4O6/c1-12(2)11-17(26)21-10-8-7-9-16(19(28)23-14(4)20(29)30-6)24-18(27)13(3)22-15(5)25/h11,13-14,16H,7-10H2,1-6H3,(H,21,26)(H,22,25)(H,23,28)(H,24,27)/t13-,14-,16-/m0/s1. The van der Waals surface area contributed by atoms with Gasteiger partial charge in [-0.25, -0.2) is 4.79 Å². The van der Waals surface area contributed by atoms with Gasteiger partial charge in [-0.05, 0) is 47.0 Å². The molecule has 3 atom stereocenters. The third kappa shape index (κ3) is 11.8. The number of hydrogen-bond acceptors (Lipinski definition) is 6. The van der Waals surface area contributed by atoms with Crippen molar-refractivity contribution in [3.63, 3.8) is 0 Å². The summed E-state index contributed by atoms with van der Waals surface area (Å²) in [6.45, 7) is 8.33. The lowest BCUT2D eigenvalue weighted by atomic mass is 10.1. The molecule has 0 radical (unpaired) electrons. The molecule has 0 spiro atoms. The van der Waals surface area contributed by atoms with Gasteiger partial charge in [0.05, 0.1) is 7.11 Å². The number of methoxy groups -OCH3 is 1. The first-order chi connectivity index (χ1) is 14.0. The lowest BCUT2D eigenvalue weighted by Crippen LogP contribution is -2.54. The van der Waals surface area contributed by atoms with Crippen LogP contribution in [-0.2, 0) is 28.7 Å². The van der Waals surface area contributed by atoms with Gasteiger partial charge in [-0.1, -0.05) is 5.57 Å². The van der Waals surface area contributed by atoms with E-state index in [0.29, 0.717) is 19.4 Å². The molecule has 0 aromatic carbocycles. The van der Waals surface area contributed by atoms with Crippen LogP contribution in [-0.4, -0.2) is 61.4 Å². The van der Waals surface area contributed by atoms with Gasteiger partial charge in [0, 0.05) is 19.5 Å². The van der Waals surface area contributed by atoms with Crippen molar-refractivity contribution in [2.45, 2.75) is 72.0 Å². The highest BCUT2D eigenvalue weighted by atomic mass is 16.5. The molecule has 170 valence electrons. The van der Waals surface area contributed by atoms with E-state index in [1.54, 1.807) is 0 Å². The largest absolute Gasteiger partial charge is 0.467 e. The molecule has 0 aromatic rings. The number of esters is 1. The van der Waals surface area contributed by atoms with E-state index in [0.717, 1.165) is 5.57 Å². The van der Waals surface area contributed by atoms with Gasteiger partial charge in [-0.3, -0.25) is 19.2 Å². The van der Waals surface area contributed by atoms with Crippen LogP contribution in [0.5, 0.6) is 0 Å². The van der Waals surface area contributed by atoms with Crippen LogP contribution in [0, 0.1) is 0 Å². The van der Waals surface area contributed by atoms with Crippen LogP contribution in [0.2, 0.25) is 0 Å². The zero-order valence-electron chi connectivity index (χ0n) is 18.6. The van der Waals surface area contributed by atoms with E-state index in [2.05, 4.69) is 26.0 Å². The third-order valence-electron chi connectivity index (χ3n) is 4.00. The quantitative estimate of drug-likeness (QED) is 0.195. The van der Waals surface area contributed by atoms with Gasteiger partial charge in [0.25, 0.3) is 0 Å². The highest BCUT2D eigenvalue weighted by molar-refractivity contribution is 5.93. The summed E-state index contributed by atoms with van der Waals surface area (Å²) in [6.07, 6.45) is 2.91. The molecule has 10 nitrogen and oxygen atoms in total. The van der Waals surface area contributed by atoms with E-state index >= 15 is 0 Å². The fourth-order valence-electron chi connectivity index (χ4n) is 2.48. The first-order valence-electron chi connectivity index (χ1n) is 9.86. The summed E-state index contributed by atoms with van der Waals surface area (Å²) in [5.41, 5.74) is 0.889. The molecule has 0 unspecified atom stereocenters. The lowest BCUT2D eigenvalue weighted by Gasteiger charge is -2.22. The average molecular weight is 427 g/mol. The average Bonchev–Trinajstić information content (AvgIpc) is 2.64. The second kappa shape index (κ2) is 14.1. The minimum atomic E-state index is -0.908. The van der Waals surface area contributed by atoms with E-state index in [9.17, 15) is 24.0 Å². The monoisotopic (exact) mass is 426 g/mol. The predicted molar refractivity (Wildman–Crippen MR) is 111 cm³/mol. The van der Waals surface area contributed by atoms with Crippen LogP contribution in [0.1, 0.15) is 53.9 Å². The maximum Gasteiger partial charge on any atom is 0.328 e. The number of carbonyl (C=O) groups is 5. The van der Waals surface area contributed by atoms with Gasteiger partial charge in [-0.2, -0.15) is 0 Å². The van der Waals surface area contributed by atoms with Crippen molar-refractivity contribution in [1.29, 1.82) is 0 Å². The van der Waals surface area contributed by atoms with Crippen molar-refractivity contribution in [2.75, 3.05) is 13.7 Å². The molecule has 4 N–H and O–H groups in total. The van der Waals surface area contributed by atoms with Crippen LogP contribution in [0.15, 0.2) is 11.6 Å². The zero-order chi connectivity index (χ0) is 23.3. The van der Waals surface area contributed by atoms with E-state index in [1.165, 1.54) is 34.0 Å². The van der Waals surface area contributed by atoms with Crippen LogP contribution in [0.25, 0.3) is 0 Å². The normalized spacial score (nSPS) is 13.1. The van der Waals surface area contributed by atoms with Crippen molar-refractivity contribution < 1.29 is 28.7 Å². The van der Waals surface area contributed by atoms with Gasteiger partial charge in [0.2, 0.25) is 23.6 Å². The Morgan fingerprint density at radius 1 is 0.867 bits per heavy atom. The maximum atomic E-state index is 12.5. The van der Waals surface area contributed by atoms with E-state index in [1.807, 2.05) is 13.8 Å². The number of nitrogens with one attached hydrogen (secondary N) is 4. The first kappa shape index (κ1) is 27.1. The SMILES string of the molecule is COC(=O)[C@H](C)NC(=O)[C@H](CCCCNC(=O)C=C(C)C)NC(=O)[C@H](C)NC(C)=O. The maximum absolute atomic E-state index is 12.5. The Kier molecular flexibility index (Phi) is 12.8. The smallest absolute Gasteiger partial charge is 0.328 e. The molecule has 0 fully saturated rings. The summed E-state index contributed by atoms with van der Waals surface area (Å²) in [7, 11) is 1.21. The summed E-state index contributed by atoms with van der Waals surface area (Å²) in [5, 5.41) is 10.3. The van der Waals surface area contributed by atoms with E-state index in [-0.39, 0.29) is 18.2 Å². The predicted octanol–water partition coefficient (Wildman–Crippen LogP) is -0.0738. The molecule has 0 aliphatic carbocycles. The van der Waals surface area contributed by atoms with Crippen LogP contribution in [0.4, 0.5) is 0 Å². The molecule has 10 heteroatoms. The third-order valence-corrected chi connectivity index (χ3v) is 4.00. The minimum Gasteiger partial charge on any atom is -0.467 e. The van der Waals surface area contributed by atoms with Crippen molar-refractivity contribution in [3.05, 3.63) is 11.6 Å². The Bertz CT molecular complexity index is 658. The molecule has 30 heavy (non-hydrogen) atoms. The minimum absolute atomic E-state index is 0.186. The van der Waals surface area contributed by atoms with E-state index in [4.69, 9.17) is 0 Å². The Morgan fingerprint density at radius 3 is 2.03 bits per heavy atom. The van der Waals surface area contributed by atoms with Gasteiger partial charge in [0.1, 0.15) is 18.1 Å². The summed E-state index contributed by atoms with van der Waals surface area (Å²) >= 11 is 0. The molecule has 0 aliphatic rings. The second-order valence-corrected chi connectivity index (χ2v) is 7.25. The zero-order valence-corrected chi connectivity index (χ0v) is 18.6. The number of ether oxygens (including phenoxy) is 1. The Morgan fingerprint density at radius 2 is 1.50 bits per heavy atom. The van der Waals surface area contributed by atoms with Crippen molar-refractivity contribution in [2.24, 2.45) is 0 Å². The highest BCUT2D eigenvalue weighted by Gasteiger charge is 2.26. The Labute approximate surface area is 177 Å². The molecule has 0 rings (SSSR count). The fraction of sp³-hybridized carbons (Fsp3) is 0.650. The van der Waals surface area contributed by atoms with Crippen LogP contribution in [0.3, 0.4) is 0 Å². The van der Waals surface area contributed by atoms with Crippen molar-refractivity contribution in [1.82, 2.24) is 21.3 Å². The van der Waals surface area contributed by atoms with Crippen molar-refractivity contribution in [3.8, 4) is 0 Å². The van der Waals surface area contributed by atoms with Crippen LogP contribution < -0.4 is 21.3 Å². The molecule has 0 aromatic heterocycles. The first-order valence-corrected chi connectivity index (χ1v) is 9.86. The number of amides is 4. The van der Waals surface area contributed by atoms with Gasteiger partial charge >= 0.3 is 5.97 Å². The molecule has 4 amide bonds. The molecule has 0 bridgehead atoms. The second-order valence-electron chi connectivity index (χ2n) is 7.25. The fourth-order valence-corrected chi connectivity index (χ4v) is 2.48.